The monoisotopic (exact) mass is 170 g/mol. The highest BCUT2D eigenvalue weighted by Crippen LogP contribution is 2.31. The van der Waals surface area contributed by atoms with E-state index in [-0.39, 0.29) is 0 Å². The van der Waals surface area contributed by atoms with Crippen molar-refractivity contribution in [3.05, 3.63) is 12.2 Å². The predicted octanol–water partition coefficient (Wildman–Crippen LogP) is 3.48. The fraction of sp³-hybridized carbons (Fsp3) is 0.800. The van der Waals surface area contributed by atoms with Gasteiger partial charge in [0.2, 0.25) is 0 Å². The lowest BCUT2D eigenvalue weighted by Crippen LogP contribution is -2.16. The van der Waals surface area contributed by atoms with E-state index >= 15 is 0 Å². The number of rotatable bonds is 1. The van der Waals surface area contributed by atoms with Crippen molar-refractivity contribution in [3.63, 3.8) is 0 Å². The molecule has 1 aliphatic heterocycles. The van der Waals surface area contributed by atoms with E-state index in [0.29, 0.717) is 5.41 Å². The van der Waals surface area contributed by atoms with Crippen LogP contribution in [0, 0.1) is 5.41 Å². The first-order valence-corrected chi connectivity index (χ1v) is 5.39. The van der Waals surface area contributed by atoms with Gasteiger partial charge in [-0.05, 0) is 18.3 Å². The average Bonchev–Trinajstić information content (AvgIpc) is 1.85. The molecule has 1 heteroatoms. The Morgan fingerprint density at radius 1 is 1.36 bits per heavy atom. The third-order valence-corrected chi connectivity index (χ3v) is 3.05. The van der Waals surface area contributed by atoms with Crippen LogP contribution in [0.5, 0.6) is 0 Å². The maximum atomic E-state index is 2.33. The third kappa shape index (κ3) is 3.85. The van der Waals surface area contributed by atoms with Gasteiger partial charge in [0.25, 0.3) is 0 Å². The highest BCUT2D eigenvalue weighted by molar-refractivity contribution is 8.00. The fourth-order valence-corrected chi connectivity index (χ4v) is 2.79. The summed E-state index contributed by atoms with van der Waals surface area (Å²) in [6.45, 7) is 6.98. The van der Waals surface area contributed by atoms with Gasteiger partial charge in [-0.25, -0.2) is 0 Å². The van der Waals surface area contributed by atoms with Gasteiger partial charge >= 0.3 is 0 Å². The molecule has 64 valence electrons. The molecule has 0 spiro atoms. The van der Waals surface area contributed by atoms with Crippen LogP contribution in [0.1, 0.15) is 33.6 Å². The topological polar surface area (TPSA) is 0 Å². The summed E-state index contributed by atoms with van der Waals surface area (Å²) in [7, 11) is 0. The third-order valence-electron chi connectivity index (χ3n) is 1.83. The molecule has 1 aliphatic rings. The molecule has 0 aliphatic carbocycles. The normalized spacial score (nSPS) is 25.5. The Hall–Kier alpha value is 0.0900. The highest BCUT2D eigenvalue weighted by atomic mass is 32.2. The first kappa shape index (κ1) is 9.18. The molecular formula is C10H18S. The summed E-state index contributed by atoms with van der Waals surface area (Å²) in [5, 5.41) is 0.875. The van der Waals surface area contributed by atoms with Crippen molar-refractivity contribution < 1.29 is 0 Å². The molecule has 11 heavy (non-hydrogen) atoms. The molecule has 0 amide bonds. The zero-order chi connectivity index (χ0) is 8.32. The summed E-state index contributed by atoms with van der Waals surface area (Å²) in [6, 6.07) is 0. The maximum Gasteiger partial charge on any atom is 0.0116 e. The smallest absolute Gasteiger partial charge is 0.0116 e. The quantitative estimate of drug-likeness (QED) is 0.543. The summed E-state index contributed by atoms with van der Waals surface area (Å²) < 4.78 is 0. The lowest BCUT2D eigenvalue weighted by atomic mass is 9.89. The molecule has 0 aromatic rings. The van der Waals surface area contributed by atoms with E-state index < -0.39 is 0 Å². The van der Waals surface area contributed by atoms with Crippen molar-refractivity contribution in [2.75, 3.05) is 5.75 Å². The van der Waals surface area contributed by atoms with Gasteiger partial charge in [-0.2, -0.15) is 11.8 Å². The SMILES string of the molecule is CC(C)(C)CC1CC=CCS1. The molecule has 0 aromatic carbocycles. The largest absolute Gasteiger partial charge is 0.154 e. The van der Waals surface area contributed by atoms with Crippen molar-refractivity contribution in [1.29, 1.82) is 0 Å². The molecule has 1 unspecified atom stereocenters. The Labute approximate surface area is 74.5 Å². The summed E-state index contributed by atoms with van der Waals surface area (Å²) in [5.74, 6) is 1.22. The van der Waals surface area contributed by atoms with Gasteiger partial charge in [0.1, 0.15) is 0 Å². The highest BCUT2D eigenvalue weighted by Gasteiger charge is 2.18. The van der Waals surface area contributed by atoms with Gasteiger partial charge in [0.05, 0.1) is 0 Å². The zero-order valence-corrected chi connectivity index (χ0v) is 8.58. The van der Waals surface area contributed by atoms with Crippen molar-refractivity contribution in [1.82, 2.24) is 0 Å². The van der Waals surface area contributed by atoms with Crippen LogP contribution in [0.4, 0.5) is 0 Å². The standard InChI is InChI=1S/C10H18S/c1-10(2,3)8-9-6-4-5-7-11-9/h4-5,9H,6-8H2,1-3H3. The van der Waals surface area contributed by atoms with Crippen LogP contribution in [-0.2, 0) is 0 Å². The van der Waals surface area contributed by atoms with Gasteiger partial charge in [0.15, 0.2) is 0 Å². The Bertz CT molecular complexity index is 141. The van der Waals surface area contributed by atoms with Crippen molar-refractivity contribution in [2.45, 2.75) is 38.9 Å². The van der Waals surface area contributed by atoms with Crippen LogP contribution in [0.25, 0.3) is 0 Å². The second-order valence-electron chi connectivity index (χ2n) is 4.43. The van der Waals surface area contributed by atoms with Gasteiger partial charge in [-0.15, -0.1) is 0 Å². The second kappa shape index (κ2) is 3.66. The number of hydrogen-bond acceptors (Lipinski definition) is 1. The van der Waals surface area contributed by atoms with E-state index in [1.165, 1.54) is 18.6 Å². The molecule has 1 atom stereocenters. The molecular weight excluding hydrogens is 152 g/mol. The Kier molecular flexibility index (Phi) is 3.06. The zero-order valence-electron chi connectivity index (χ0n) is 7.76. The maximum absolute atomic E-state index is 2.33. The van der Waals surface area contributed by atoms with Crippen LogP contribution in [0.3, 0.4) is 0 Å². The van der Waals surface area contributed by atoms with E-state index in [0.717, 1.165) is 5.25 Å². The molecule has 0 fully saturated rings. The summed E-state index contributed by atoms with van der Waals surface area (Å²) in [4.78, 5) is 0. The van der Waals surface area contributed by atoms with Crippen LogP contribution < -0.4 is 0 Å². The fourth-order valence-electron chi connectivity index (χ4n) is 1.40. The van der Waals surface area contributed by atoms with Crippen molar-refractivity contribution >= 4 is 11.8 Å². The van der Waals surface area contributed by atoms with Crippen LogP contribution >= 0.6 is 11.8 Å². The average molecular weight is 170 g/mol. The predicted molar refractivity (Wildman–Crippen MR) is 54.1 cm³/mol. The number of allylic oxidation sites excluding steroid dienone is 1. The van der Waals surface area contributed by atoms with E-state index in [2.05, 4.69) is 44.7 Å². The lowest BCUT2D eigenvalue weighted by molar-refractivity contribution is 0.372. The number of thioether (sulfide) groups is 1. The second-order valence-corrected chi connectivity index (χ2v) is 5.76. The van der Waals surface area contributed by atoms with Gasteiger partial charge in [-0.3, -0.25) is 0 Å². The van der Waals surface area contributed by atoms with Crippen LogP contribution in [-0.4, -0.2) is 11.0 Å². The molecule has 0 N–H and O–H groups in total. The summed E-state index contributed by atoms with van der Waals surface area (Å²) >= 11 is 2.10. The first-order chi connectivity index (χ1) is 5.08. The number of hydrogen-bond donors (Lipinski definition) is 0. The molecule has 0 nitrogen and oxygen atoms in total. The Morgan fingerprint density at radius 3 is 2.55 bits per heavy atom. The van der Waals surface area contributed by atoms with Crippen molar-refractivity contribution in [2.24, 2.45) is 5.41 Å². The molecule has 0 saturated carbocycles. The molecule has 1 rings (SSSR count). The Balaban J connectivity index is 2.32. The summed E-state index contributed by atoms with van der Waals surface area (Å²) in [6.07, 6.45) is 7.24. The van der Waals surface area contributed by atoms with Gasteiger partial charge < -0.3 is 0 Å². The molecule has 0 radical (unpaired) electrons. The van der Waals surface area contributed by atoms with E-state index in [4.69, 9.17) is 0 Å². The van der Waals surface area contributed by atoms with Crippen molar-refractivity contribution in [3.8, 4) is 0 Å². The van der Waals surface area contributed by atoms with E-state index in [9.17, 15) is 0 Å². The van der Waals surface area contributed by atoms with Gasteiger partial charge in [-0.1, -0.05) is 32.9 Å². The van der Waals surface area contributed by atoms with Crippen LogP contribution in [0.2, 0.25) is 0 Å². The summed E-state index contributed by atoms with van der Waals surface area (Å²) in [5.41, 5.74) is 0.503. The minimum absolute atomic E-state index is 0.503. The van der Waals surface area contributed by atoms with E-state index in [1.54, 1.807) is 0 Å². The lowest BCUT2D eigenvalue weighted by Gasteiger charge is -2.26. The first-order valence-electron chi connectivity index (χ1n) is 4.34. The minimum Gasteiger partial charge on any atom is -0.154 e. The molecule has 0 saturated heterocycles. The molecule has 1 heterocycles. The molecule has 0 bridgehead atoms. The molecule has 0 aromatic heterocycles. The van der Waals surface area contributed by atoms with Crippen LogP contribution in [0.15, 0.2) is 12.2 Å². The Morgan fingerprint density at radius 2 is 2.09 bits per heavy atom. The van der Waals surface area contributed by atoms with E-state index in [1.807, 2.05) is 0 Å². The van der Waals surface area contributed by atoms with Gasteiger partial charge in [0, 0.05) is 11.0 Å². The minimum atomic E-state index is 0.503.